The van der Waals surface area contributed by atoms with E-state index in [0.29, 0.717) is 22.5 Å². The summed E-state index contributed by atoms with van der Waals surface area (Å²) in [6.07, 6.45) is -0.760. The van der Waals surface area contributed by atoms with Crippen LogP contribution >= 0.6 is 0 Å². The maximum atomic E-state index is 14.2. The lowest BCUT2D eigenvalue weighted by molar-refractivity contribution is -0.144. The molecule has 2 fully saturated rings. The van der Waals surface area contributed by atoms with E-state index < -0.39 is 48.7 Å². The van der Waals surface area contributed by atoms with E-state index in [2.05, 4.69) is 15.4 Å². The lowest BCUT2D eigenvalue weighted by atomic mass is 9.73. The molecule has 238 valence electrons. The van der Waals surface area contributed by atoms with Gasteiger partial charge in [-0.05, 0) is 69.1 Å². The molecule has 0 unspecified atom stereocenters. The fourth-order valence-corrected chi connectivity index (χ4v) is 5.94. The molecule has 0 aromatic carbocycles. The van der Waals surface area contributed by atoms with Gasteiger partial charge in [-0.1, -0.05) is 0 Å². The van der Waals surface area contributed by atoms with Crippen molar-refractivity contribution in [2.45, 2.75) is 95.4 Å². The first-order valence-corrected chi connectivity index (χ1v) is 14.8. The van der Waals surface area contributed by atoms with Gasteiger partial charge in [0.25, 0.3) is 0 Å². The van der Waals surface area contributed by atoms with Crippen LogP contribution < -0.4 is 15.8 Å². The van der Waals surface area contributed by atoms with Crippen molar-refractivity contribution in [1.29, 1.82) is 0 Å². The van der Waals surface area contributed by atoms with E-state index in [9.17, 15) is 31.5 Å². The van der Waals surface area contributed by atoms with Crippen molar-refractivity contribution in [3.8, 4) is 5.88 Å². The number of halogens is 5. The maximum absolute atomic E-state index is 14.2. The molecule has 2 atom stereocenters. The summed E-state index contributed by atoms with van der Waals surface area (Å²) in [5, 5.41) is 7.19. The van der Waals surface area contributed by atoms with Gasteiger partial charge in [-0.25, -0.2) is 23.3 Å². The second kappa shape index (κ2) is 12.3. The van der Waals surface area contributed by atoms with E-state index in [4.69, 9.17) is 15.5 Å². The smallest absolute Gasteiger partial charge is 0.389 e. The number of nitrogens with two attached hydrogens (primary N) is 1. The van der Waals surface area contributed by atoms with Crippen molar-refractivity contribution < 1.29 is 36.3 Å². The summed E-state index contributed by atoms with van der Waals surface area (Å²) in [5.74, 6) is -5.02. The van der Waals surface area contributed by atoms with Gasteiger partial charge in [0, 0.05) is 42.5 Å². The molecule has 9 nitrogen and oxygen atoms in total. The number of alkyl halides is 5. The van der Waals surface area contributed by atoms with E-state index in [1.807, 2.05) is 0 Å². The predicted octanol–water partition coefficient (Wildman–Crippen LogP) is 5.88. The third kappa shape index (κ3) is 7.44. The number of imidazole rings is 1. The van der Waals surface area contributed by atoms with Gasteiger partial charge in [0.15, 0.2) is 5.65 Å². The molecule has 3 aromatic heterocycles. The summed E-state index contributed by atoms with van der Waals surface area (Å²) >= 11 is 0. The number of carbonyl (C=O) groups excluding carboxylic acids is 2. The minimum atomic E-state index is -4.44. The molecule has 2 saturated carbocycles. The maximum Gasteiger partial charge on any atom is 0.389 e. The van der Waals surface area contributed by atoms with E-state index in [1.54, 1.807) is 26.1 Å². The summed E-state index contributed by atoms with van der Waals surface area (Å²) in [6.45, 7) is 3.60. The van der Waals surface area contributed by atoms with Crippen molar-refractivity contribution >= 4 is 17.5 Å². The van der Waals surface area contributed by atoms with Crippen LogP contribution in [0, 0.1) is 11.8 Å². The molecule has 44 heavy (non-hydrogen) atoms. The van der Waals surface area contributed by atoms with Gasteiger partial charge in [0.2, 0.25) is 23.6 Å². The molecule has 0 saturated heterocycles. The second-order valence-corrected chi connectivity index (χ2v) is 12.0. The molecule has 2 aliphatic carbocycles. The average Bonchev–Trinajstić information content (AvgIpc) is 3.69. The highest BCUT2D eigenvalue weighted by Gasteiger charge is 2.42. The highest BCUT2D eigenvalue weighted by Crippen LogP contribution is 2.47. The van der Waals surface area contributed by atoms with Crippen molar-refractivity contribution in [1.82, 2.24) is 24.9 Å². The van der Waals surface area contributed by atoms with Gasteiger partial charge in [0.1, 0.15) is 0 Å². The Kier molecular flexibility index (Phi) is 8.81. The van der Waals surface area contributed by atoms with Crippen LogP contribution in [0.1, 0.15) is 104 Å². The fraction of sp³-hybridized carbons (Fsp3) is 0.567. The number of carbonyl (C=O) groups is 2. The van der Waals surface area contributed by atoms with Crippen LogP contribution in [0.15, 0.2) is 30.7 Å². The molecule has 3 N–H and O–H groups in total. The number of nitrogens with zero attached hydrogens (tertiary/aromatic N) is 4. The molecule has 0 radical (unpaired) electrons. The van der Waals surface area contributed by atoms with Crippen molar-refractivity contribution in [3.63, 3.8) is 0 Å². The third-order valence-electron chi connectivity index (χ3n) is 8.19. The Morgan fingerprint density at radius 1 is 1.16 bits per heavy atom. The Labute approximate surface area is 250 Å². The summed E-state index contributed by atoms with van der Waals surface area (Å²) in [7, 11) is 0. The molecule has 0 aliphatic heterocycles. The number of amides is 2. The largest absolute Gasteiger partial charge is 0.475 e. The molecule has 5 rings (SSSR count). The first-order chi connectivity index (χ1) is 20.7. The Bertz CT molecular complexity index is 1510. The lowest BCUT2D eigenvalue weighted by Gasteiger charge is -2.34. The molecular formula is C30H35F5N6O3. The number of aromatic nitrogens is 4. The van der Waals surface area contributed by atoms with Crippen LogP contribution in [-0.4, -0.2) is 49.6 Å². The quantitative estimate of drug-likeness (QED) is 0.258. The van der Waals surface area contributed by atoms with Crippen molar-refractivity contribution in [3.05, 3.63) is 53.1 Å². The molecule has 14 heteroatoms. The molecule has 2 amide bonds. The number of nitrogens with one attached hydrogen (secondary N) is 1. The number of ether oxygens (including phenoxy) is 1. The SMILES string of the molecule is CC(C)Oc1nccc(C(N)=O)c1[C@@H](c1cn2ncc([C@H](NC(=O)CCC(F)(F)F)C3CC3)cc2n1)C1CCC(F)(F)CC1. The summed E-state index contributed by atoms with van der Waals surface area (Å²) in [4.78, 5) is 34.2. The Balaban J connectivity index is 1.54. The average molecular weight is 623 g/mol. The Hall–Kier alpha value is -3.84. The van der Waals surface area contributed by atoms with Gasteiger partial charge in [-0.3, -0.25) is 9.59 Å². The first-order valence-electron chi connectivity index (χ1n) is 14.8. The van der Waals surface area contributed by atoms with Gasteiger partial charge in [-0.2, -0.15) is 18.3 Å². The molecule has 3 heterocycles. The number of hydrogen-bond acceptors (Lipinski definition) is 6. The van der Waals surface area contributed by atoms with Crippen LogP contribution in [0.5, 0.6) is 5.88 Å². The zero-order chi connectivity index (χ0) is 31.8. The number of hydrogen-bond donors (Lipinski definition) is 2. The highest BCUT2D eigenvalue weighted by molar-refractivity contribution is 5.95. The standard InChI is InChI=1S/C30H35F5N6O3/c1-16(2)44-28-25(20(27(36)43)8-12-37-28)24(17-5-9-29(31,32)10-6-17)21-15-41-22(39-21)13-19(14-38-41)26(18-3-4-18)40-23(42)7-11-30(33,34)35/h8,12-18,24,26H,3-7,9-11H2,1-2H3,(H2,36,43)(H,40,42)/t24-,26-/m1/s1. The number of rotatable bonds is 11. The normalized spacial score (nSPS) is 18.7. The molecule has 0 bridgehead atoms. The third-order valence-corrected chi connectivity index (χ3v) is 8.19. The lowest BCUT2D eigenvalue weighted by Crippen LogP contribution is -2.30. The fourth-order valence-electron chi connectivity index (χ4n) is 5.94. The van der Waals surface area contributed by atoms with Gasteiger partial charge in [-0.15, -0.1) is 0 Å². The molecule has 2 aliphatic rings. The van der Waals surface area contributed by atoms with Crippen LogP contribution in [0.3, 0.4) is 0 Å². The Morgan fingerprint density at radius 3 is 2.48 bits per heavy atom. The number of primary amides is 1. The van der Waals surface area contributed by atoms with Gasteiger partial charge in [0.05, 0.1) is 36.7 Å². The number of fused-ring (bicyclic) bond motifs is 1. The predicted molar refractivity (Wildman–Crippen MR) is 149 cm³/mol. The van der Waals surface area contributed by atoms with Crippen molar-refractivity contribution in [2.24, 2.45) is 17.6 Å². The van der Waals surface area contributed by atoms with Crippen LogP contribution in [0.25, 0.3) is 5.65 Å². The van der Waals surface area contributed by atoms with E-state index in [0.717, 1.165) is 12.8 Å². The van der Waals surface area contributed by atoms with Gasteiger partial charge < -0.3 is 15.8 Å². The molecular weight excluding hydrogens is 587 g/mol. The molecule has 3 aromatic rings. The summed E-state index contributed by atoms with van der Waals surface area (Å²) < 4.78 is 73.9. The summed E-state index contributed by atoms with van der Waals surface area (Å²) in [5.41, 5.74) is 7.73. The minimum absolute atomic E-state index is 0.0597. The highest BCUT2D eigenvalue weighted by atomic mass is 19.4. The van der Waals surface area contributed by atoms with Gasteiger partial charge >= 0.3 is 6.18 Å². The molecule has 0 spiro atoms. The van der Waals surface area contributed by atoms with E-state index in [1.165, 1.54) is 23.0 Å². The monoisotopic (exact) mass is 622 g/mol. The zero-order valence-electron chi connectivity index (χ0n) is 24.4. The first kappa shape index (κ1) is 31.6. The van der Waals surface area contributed by atoms with Crippen LogP contribution in [-0.2, 0) is 4.79 Å². The Morgan fingerprint density at radius 2 is 1.86 bits per heavy atom. The van der Waals surface area contributed by atoms with E-state index >= 15 is 0 Å². The van der Waals surface area contributed by atoms with Crippen LogP contribution in [0.4, 0.5) is 22.0 Å². The number of pyridine rings is 1. The van der Waals surface area contributed by atoms with E-state index in [-0.39, 0.29) is 55.1 Å². The van der Waals surface area contributed by atoms with Crippen molar-refractivity contribution in [2.75, 3.05) is 0 Å². The summed E-state index contributed by atoms with van der Waals surface area (Å²) in [6, 6.07) is 2.65. The topological polar surface area (TPSA) is 125 Å². The van der Waals surface area contributed by atoms with Crippen LogP contribution in [0.2, 0.25) is 0 Å². The zero-order valence-corrected chi connectivity index (χ0v) is 24.4. The second-order valence-electron chi connectivity index (χ2n) is 12.0. The minimum Gasteiger partial charge on any atom is -0.475 e.